The molecule has 0 aromatic carbocycles. The lowest BCUT2D eigenvalue weighted by Crippen LogP contribution is -1.91. The third kappa shape index (κ3) is 0.886. The van der Waals surface area contributed by atoms with E-state index in [4.69, 9.17) is 0 Å². The summed E-state index contributed by atoms with van der Waals surface area (Å²) in [6.07, 6.45) is 4.80. The van der Waals surface area contributed by atoms with Crippen LogP contribution in [-0.2, 0) is 6.54 Å². The number of rotatable bonds is 1. The summed E-state index contributed by atoms with van der Waals surface area (Å²) < 4.78 is 1.86. The van der Waals surface area contributed by atoms with Crippen LogP contribution in [0.2, 0.25) is 0 Å². The molecule has 0 N–H and O–H groups in total. The standard InChI is InChI=1S/C6H9N2/c1-3-8-5-6(2)4-7-8/h5H,3H2,1-2H3. The lowest BCUT2D eigenvalue weighted by Gasteiger charge is -1.88. The Morgan fingerprint density at radius 1 is 1.88 bits per heavy atom. The average Bonchev–Trinajstić information content (AvgIpc) is 2.14. The maximum absolute atomic E-state index is 3.93. The number of nitrogens with zero attached hydrogens (tertiary/aromatic N) is 2. The first kappa shape index (κ1) is 5.35. The number of hydrogen-bond donors (Lipinski definition) is 0. The molecule has 0 amide bonds. The van der Waals surface area contributed by atoms with Crippen LogP contribution in [0.1, 0.15) is 12.5 Å². The highest BCUT2D eigenvalue weighted by atomic mass is 15.3. The molecule has 0 fully saturated rings. The molecule has 43 valence electrons. The summed E-state index contributed by atoms with van der Waals surface area (Å²) in [5, 5.41) is 3.93. The summed E-state index contributed by atoms with van der Waals surface area (Å²) in [5.74, 6) is 0. The van der Waals surface area contributed by atoms with E-state index in [9.17, 15) is 0 Å². The summed E-state index contributed by atoms with van der Waals surface area (Å²) in [5.41, 5.74) is 1.10. The van der Waals surface area contributed by atoms with Crippen molar-refractivity contribution in [2.75, 3.05) is 0 Å². The Bertz CT molecular complexity index is 167. The maximum atomic E-state index is 3.93. The Morgan fingerprint density at radius 3 is 2.88 bits per heavy atom. The quantitative estimate of drug-likeness (QED) is 0.526. The molecule has 1 heterocycles. The van der Waals surface area contributed by atoms with E-state index in [2.05, 4.69) is 18.2 Å². The van der Waals surface area contributed by atoms with Gasteiger partial charge in [-0.25, -0.2) is 0 Å². The van der Waals surface area contributed by atoms with E-state index in [-0.39, 0.29) is 0 Å². The molecule has 0 saturated carbocycles. The van der Waals surface area contributed by atoms with Crippen molar-refractivity contribution in [3.05, 3.63) is 18.0 Å². The summed E-state index contributed by atoms with van der Waals surface area (Å²) in [6, 6.07) is 0. The second-order valence-corrected chi connectivity index (χ2v) is 1.78. The lowest BCUT2D eigenvalue weighted by atomic mass is 10.4. The van der Waals surface area contributed by atoms with Crippen LogP contribution in [0, 0.1) is 13.1 Å². The number of aromatic nitrogens is 2. The average molecular weight is 109 g/mol. The molecule has 0 saturated heterocycles. The minimum absolute atomic E-state index is 0.935. The Balaban J connectivity index is 2.84. The van der Waals surface area contributed by atoms with Crippen molar-refractivity contribution >= 4 is 0 Å². The van der Waals surface area contributed by atoms with E-state index < -0.39 is 0 Å². The van der Waals surface area contributed by atoms with Crippen LogP contribution in [0.3, 0.4) is 0 Å². The topological polar surface area (TPSA) is 17.8 Å². The van der Waals surface area contributed by atoms with Gasteiger partial charge in [-0.15, -0.1) is 0 Å². The first-order valence-corrected chi connectivity index (χ1v) is 2.74. The maximum Gasteiger partial charge on any atom is 0.116 e. The first-order valence-electron chi connectivity index (χ1n) is 2.74. The summed E-state index contributed by atoms with van der Waals surface area (Å²) in [4.78, 5) is 0. The molecule has 8 heavy (non-hydrogen) atoms. The molecule has 0 aliphatic rings. The van der Waals surface area contributed by atoms with Gasteiger partial charge in [0.1, 0.15) is 6.20 Å². The van der Waals surface area contributed by atoms with Crippen LogP contribution in [0.4, 0.5) is 0 Å². The van der Waals surface area contributed by atoms with Crippen molar-refractivity contribution in [1.82, 2.24) is 9.78 Å². The molecule has 1 aromatic rings. The third-order valence-electron chi connectivity index (χ3n) is 1.02. The van der Waals surface area contributed by atoms with Gasteiger partial charge in [0.25, 0.3) is 0 Å². The Kier molecular flexibility index (Phi) is 1.33. The Morgan fingerprint density at radius 2 is 2.62 bits per heavy atom. The molecule has 1 aromatic heterocycles. The van der Waals surface area contributed by atoms with Crippen molar-refractivity contribution in [1.29, 1.82) is 0 Å². The van der Waals surface area contributed by atoms with Crippen LogP contribution in [-0.4, -0.2) is 9.78 Å². The Hall–Kier alpha value is -0.790. The van der Waals surface area contributed by atoms with Gasteiger partial charge < -0.3 is 0 Å². The van der Waals surface area contributed by atoms with Gasteiger partial charge in [-0.05, 0) is 19.4 Å². The second-order valence-electron chi connectivity index (χ2n) is 1.78. The molecule has 2 nitrogen and oxygen atoms in total. The van der Waals surface area contributed by atoms with E-state index in [0.29, 0.717) is 0 Å². The van der Waals surface area contributed by atoms with Crippen molar-refractivity contribution in [2.24, 2.45) is 0 Å². The fourth-order valence-electron chi connectivity index (χ4n) is 0.586. The molecule has 0 spiro atoms. The van der Waals surface area contributed by atoms with Gasteiger partial charge in [0, 0.05) is 12.7 Å². The van der Waals surface area contributed by atoms with Crippen LogP contribution in [0.25, 0.3) is 0 Å². The van der Waals surface area contributed by atoms with Crippen molar-refractivity contribution < 1.29 is 0 Å². The van der Waals surface area contributed by atoms with Crippen LogP contribution < -0.4 is 0 Å². The zero-order valence-electron chi connectivity index (χ0n) is 5.18. The molecule has 1 radical (unpaired) electrons. The van der Waals surface area contributed by atoms with Gasteiger partial charge in [0.05, 0.1) is 0 Å². The van der Waals surface area contributed by atoms with Gasteiger partial charge in [-0.1, -0.05) is 0 Å². The van der Waals surface area contributed by atoms with Gasteiger partial charge in [-0.2, -0.15) is 5.10 Å². The highest BCUT2D eigenvalue weighted by Gasteiger charge is 1.87. The fourth-order valence-corrected chi connectivity index (χ4v) is 0.586. The molecule has 0 atom stereocenters. The minimum Gasteiger partial charge on any atom is -0.272 e. The SMILES string of the molecule is CCn1cc(C)[c]n1. The van der Waals surface area contributed by atoms with Crippen molar-refractivity contribution in [3.63, 3.8) is 0 Å². The van der Waals surface area contributed by atoms with E-state index in [0.717, 1.165) is 12.1 Å². The van der Waals surface area contributed by atoms with Gasteiger partial charge in [0.15, 0.2) is 0 Å². The molecule has 0 bridgehead atoms. The highest BCUT2D eigenvalue weighted by Crippen LogP contribution is 1.90. The monoisotopic (exact) mass is 109 g/mol. The minimum atomic E-state index is 0.935. The third-order valence-corrected chi connectivity index (χ3v) is 1.02. The first-order chi connectivity index (χ1) is 3.83. The van der Waals surface area contributed by atoms with Crippen molar-refractivity contribution in [3.8, 4) is 0 Å². The predicted octanol–water partition coefficient (Wildman–Crippen LogP) is 1.01. The summed E-state index contributed by atoms with van der Waals surface area (Å²) >= 11 is 0. The van der Waals surface area contributed by atoms with Crippen LogP contribution in [0.15, 0.2) is 6.20 Å². The fraction of sp³-hybridized carbons (Fsp3) is 0.500. The van der Waals surface area contributed by atoms with E-state index >= 15 is 0 Å². The zero-order chi connectivity index (χ0) is 5.98. The molecule has 0 aliphatic carbocycles. The van der Waals surface area contributed by atoms with Gasteiger partial charge in [0.2, 0.25) is 0 Å². The smallest absolute Gasteiger partial charge is 0.116 e. The molecular weight excluding hydrogens is 100 g/mol. The molecule has 0 unspecified atom stereocenters. The molecule has 2 heteroatoms. The summed E-state index contributed by atoms with van der Waals surface area (Å²) in [7, 11) is 0. The van der Waals surface area contributed by atoms with E-state index in [1.165, 1.54) is 0 Å². The highest BCUT2D eigenvalue weighted by molar-refractivity contribution is 4.97. The van der Waals surface area contributed by atoms with Crippen molar-refractivity contribution in [2.45, 2.75) is 20.4 Å². The normalized spacial score (nSPS) is 9.75. The molecule has 0 aliphatic heterocycles. The van der Waals surface area contributed by atoms with E-state index in [1.807, 2.05) is 17.8 Å². The van der Waals surface area contributed by atoms with Gasteiger partial charge >= 0.3 is 0 Å². The zero-order valence-corrected chi connectivity index (χ0v) is 5.18. The van der Waals surface area contributed by atoms with Gasteiger partial charge in [-0.3, -0.25) is 4.68 Å². The van der Waals surface area contributed by atoms with Crippen LogP contribution >= 0.6 is 0 Å². The molecule has 1 rings (SSSR count). The number of hydrogen-bond acceptors (Lipinski definition) is 1. The number of aryl methyl sites for hydroxylation is 2. The molecular formula is C6H9N2. The van der Waals surface area contributed by atoms with E-state index in [1.54, 1.807) is 0 Å². The second kappa shape index (κ2) is 1.99. The van der Waals surface area contributed by atoms with Crippen LogP contribution in [0.5, 0.6) is 0 Å². The lowest BCUT2D eigenvalue weighted by molar-refractivity contribution is 0.658. The Labute approximate surface area is 49.1 Å². The summed E-state index contributed by atoms with van der Waals surface area (Å²) in [6.45, 7) is 4.98. The predicted molar refractivity (Wildman–Crippen MR) is 31.5 cm³/mol. The largest absolute Gasteiger partial charge is 0.272 e.